The van der Waals surface area contributed by atoms with Gasteiger partial charge >= 0.3 is 64.9 Å². The molecule has 4 aliphatic rings. The van der Waals surface area contributed by atoms with Gasteiger partial charge in [-0.15, -0.1) is 0 Å². The van der Waals surface area contributed by atoms with Crippen LogP contribution in [0, 0.1) is 0 Å². The zero-order valence-corrected chi connectivity index (χ0v) is 8.48. The van der Waals surface area contributed by atoms with Gasteiger partial charge in [-0.25, -0.2) is 0 Å². The summed E-state index contributed by atoms with van der Waals surface area (Å²) in [4.78, 5) is 3.38. The molecular weight excluding hydrogens is 183 g/mol. The second kappa shape index (κ2) is 1.48. The summed E-state index contributed by atoms with van der Waals surface area (Å²) in [6, 6.07) is 8.86. The Morgan fingerprint density at radius 3 is 3.00 bits per heavy atom. The van der Waals surface area contributed by atoms with Gasteiger partial charge in [0.1, 0.15) is 0 Å². The first-order chi connectivity index (χ1) is 4.93. The molecule has 0 atom stereocenters. The molecule has 0 spiro atoms. The first-order valence-electron chi connectivity index (χ1n) is 3.53. The number of hydrogen-bond acceptors (Lipinski definition) is 0. The van der Waals surface area contributed by atoms with Crippen LogP contribution in [0.25, 0.3) is 11.1 Å². The first-order valence-corrected chi connectivity index (χ1v) is 6.50. The maximum absolute atomic E-state index is 3.38. The van der Waals surface area contributed by atoms with Gasteiger partial charge in [-0.2, -0.15) is 0 Å². The van der Waals surface area contributed by atoms with Gasteiger partial charge in [0.25, 0.3) is 0 Å². The van der Waals surface area contributed by atoms with Crippen LogP contribution in [0.4, 0.5) is 0 Å². The summed E-state index contributed by atoms with van der Waals surface area (Å²) in [5.41, 5.74) is 2.91. The SMILES string of the molecule is c1cc2c[c]3[nH][c](c-2c1)[GeH2]3. The fourth-order valence-electron chi connectivity index (χ4n) is 1.64. The van der Waals surface area contributed by atoms with Crippen molar-refractivity contribution in [2.75, 3.05) is 0 Å². The number of rotatable bonds is 0. The van der Waals surface area contributed by atoms with Crippen LogP contribution in [0.1, 0.15) is 0 Å². The number of nitrogens with one attached hydrogen (secondary N) is 1. The summed E-state index contributed by atoms with van der Waals surface area (Å²) in [7, 11) is 0. The van der Waals surface area contributed by atoms with Crippen molar-refractivity contribution in [1.29, 1.82) is 0 Å². The Morgan fingerprint density at radius 2 is 2.20 bits per heavy atom. The van der Waals surface area contributed by atoms with E-state index in [0.717, 1.165) is 0 Å². The van der Waals surface area contributed by atoms with Crippen LogP contribution < -0.4 is 9.05 Å². The van der Waals surface area contributed by atoms with Crippen molar-refractivity contribution < 1.29 is 0 Å². The molecule has 0 saturated carbocycles. The zero-order valence-electron chi connectivity index (χ0n) is 5.52. The van der Waals surface area contributed by atoms with Crippen molar-refractivity contribution >= 4 is 24.5 Å². The molecule has 1 aliphatic carbocycles. The summed E-state index contributed by atoms with van der Waals surface area (Å²) in [5.74, 6) is 0. The third-order valence-corrected chi connectivity index (χ3v) is 5.69. The predicted molar refractivity (Wildman–Crippen MR) is 45.2 cm³/mol. The number of aromatic amines is 1. The number of H-pyrrole nitrogens is 1. The predicted octanol–water partition coefficient (Wildman–Crippen LogP) is -0.448. The van der Waals surface area contributed by atoms with Gasteiger partial charge in [0.15, 0.2) is 0 Å². The van der Waals surface area contributed by atoms with Crippen molar-refractivity contribution in [2.45, 2.75) is 0 Å². The minimum atomic E-state index is -0.379. The first kappa shape index (κ1) is 5.02. The van der Waals surface area contributed by atoms with Gasteiger partial charge in [0.2, 0.25) is 0 Å². The Bertz CT molecular complexity index is 364. The van der Waals surface area contributed by atoms with Gasteiger partial charge in [0.05, 0.1) is 0 Å². The van der Waals surface area contributed by atoms with E-state index in [1.165, 1.54) is 11.1 Å². The van der Waals surface area contributed by atoms with Crippen LogP contribution in [-0.4, -0.2) is 20.4 Å². The van der Waals surface area contributed by atoms with E-state index in [4.69, 9.17) is 0 Å². The summed E-state index contributed by atoms with van der Waals surface area (Å²) in [6.07, 6.45) is 0. The van der Waals surface area contributed by atoms with Gasteiger partial charge in [-0.1, -0.05) is 0 Å². The molecule has 4 rings (SSSR count). The molecule has 0 fully saturated rings. The Kier molecular flexibility index (Phi) is 0.742. The fraction of sp³-hybridized carbons (Fsp3) is 0. The van der Waals surface area contributed by atoms with Crippen LogP contribution in [0.2, 0.25) is 0 Å². The molecule has 2 bridgehead atoms. The summed E-state index contributed by atoms with van der Waals surface area (Å²) in [5, 5.41) is 0. The Balaban J connectivity index is 2.55. The number of hydrogen-bond donors (Lipinski definition) is 1. The van der Waals surface area contributed by atoms with Crippen molar-refractivity contribution in [2.24, 2.45) is 0 Å². The van der Waals surface area contributed by atoms with E-state index >= 15 is 0 Å². The standard InChI is InChI=1S/C8H7GeN/c1-2-5-4-7-9-8(10-7)6(5)3-1/h1-4,10H,9H2. The normalized spacial score (nSPS) is 16.0. The van der Waals surface area contributed by atoms with Crippen molar-refractivity contribution in [1.82, 2.24) is 4.98 Å². The Hall–Kier alpha value is -0.697. The quantitative estimate of drug-likeness (QED) is 0.462. The molecule has 2 heteroatoms. The van der Waals surface area contributed by atoms with Gasteiger partial charge < -0.3 is 0 Å². The van der Waals surface area contributed by atoms with E-state index < -0.39 is 0 Å². The Labute approximate surface area is 65.3 Å². The van der Waals surface area contributed by atoms with Crippen LogP contribution >= 0.6 is 0 Å². The molecule has 0 amide bonds. The maximum atomic E-state index is 3.38. The topological polar surface area (TPSA) is 15.8 Å². The van der Waals surface area contributed by atoms with Crippen LogP contribution in [0.15, 0.2) is 24.3 Å². The summed E-state index contributed by atoms with van der Waals surface area (Å²) in [6.45, 7) is 0. The van der Waals surface area contributed by atoms with E-state index in [-0.39, 0.29) is 15.4 Å². The van der Waals surface area contributed by atoms with Crippen molar-refractivity contribution in [3.63, 3.8) is 0 Å². The molecule has 1 N–H and O–H groups in total. The molecule has 0 saturated heterocycles. The summed E-state index contributed by atoms with van der Waals surface area (Å²) < 4.78 is 3.14. The third kappa shape index (κ3) is 0.453. The van der Waals surface area contributed by atoms with Crippen molar-refractivity contribution in [3.8, 4) is 11.1 Å². The van der Waals surface area contributed by atoms with Gasteiger partial charge in [-0.3, -0.25) is 0 Å². The van der Waals surface area contributed by atoms with Crippen LogP contribution in [0.5, 0.6) is 0 Å². The van der Waals surface area contributed by atoms with Crippen LogP contribution in [0.3, 0.4) is 0 Å². The molecule has 48 valence electrons. The number of aromatic nitrogens is 1. The van der Waals surface area contributed by atoms with Crippen molar-refractivity contribution in [3.05, 3.63) is 24.3 Å². The molecule has 0 aromatic heterocycles. The average molecular weight is 190 g/mol. The van der Waals surface area contributed by atoms with E-state index in [2.05, 4.69) is 29.2 Å². The van der Waals surface area contributed by atoms with E-state index in [1.807, 2.05) is 0 Å². The van der Waals surface area contributed by atoms with E-state index in [1.54, 1.807) is 9.05 Å². The molecular formula is C8H7GeN. The minimum absolute atomic E-state index is 0.379. The Morgan fingerprint density at radius 1 is 1.30 bits per heavy atom. The van der Waals surface area contributed by atoms with Crippen LogP contribution in [-0.2, 0) is 0 Å². The zero-order chi connectivity index (χ0) is 6.55. The molecule has 0 aromatic rings. The number of pyridine rings is 1. The fourth-order valence-corrected chi connectivity index (χ4v) is 4.77. The van der Waals surface area contributed by atoms with Gasteiger partial charge in [-0.05, 0) is 0 Å². The average Bonchev–Trinajstić information content (AvgIpc) is 2.29. The van der Waals surface area contributed by atoms with E-state index in [0.29, 0.717) is 0 Å². The second-order valence-electron chi connectivity index (χ2n) is 2.84. The molecule has 0 radical (unpaired) electrons. The molecule has 0 aromatic carbocycles. The third-order valence-electron chi connectivity index (χ3n) is 2.18. The molecule has 3 heterocycles. The molecule has 1 nitrogen and oxygen atoms in total. The second-order valence-corrected chi connectivity index (χ2v) is 6.67. The van der Waals surface area contributed by atoms with E-state index in [9.17, 15) is 0 Å². The monoisotopic (exact) mass is 191 g/mol. The van der Waals surface area contributed by atoms with Gasteiger partial charge in [0, 0.05) is 0 Å². The molecule has 10 heavy (non-hydrogen) atoms. The molecule has 3 aliphatic heterocycles. The molecule has 0 unspecified atom stereocenters. The summed E-state index contributed by atoms with van der Waals surface area (Å²) >= 11 is -0.379.